The molecule has 2 fully saturated rings. The third-order valence-corrected chi connectivity index (χ3v) is 5.36. The highest BCUT2D eigenvalue weighted by Crippen LogP contribution is 2.24. The van der Waals surface area contributed by atoms with Crippen molar-refractivity contribution < 1.29 is 0 Å². The molecule has 2 heterocycles. The largest absolute Gasteiger partial charge is 0.338 e. The average molecular weight is 326 g/mol. The quantitative estimate of drug-likeness (QED) is 0.867. The summed E-state index contributed by atoms with van der Waals surface area (Å²) in [7, 11) is 0. The molecule has 0 amide bonds. The van der Waals surface area contributed by atoms with Gasteiger partial charge in [0.2, 0.25) is 5.95 Å². The first-order chi connectivity index (χ1) is 11.9. The van der Waals surface area contributed by atoms with Crippen LogP contribution >= 0.6 is 0 Å². The molecule has 24 heavy (non-hydrogen) atoms. The molecule has 0 bridgehead atoms. The van der Waals surface area contributed by atoms with Gasteiger partial charge in [0.15, 0.2) is 0 Å². The fourth-order valence-corrected chi connectivity index (χ4v) is 4.06. The van der Waals surface area contributed by atoms with Crippen molar-refractivity contribution in [3.63, 3.8) is 0 Å². The van der Waals surface area contributed by atoms with Crippen LogP contribution < -0.4 is 4.90 Å². The number of nitrogens with zero attached hydrogens (tertiary/aromatic N) is 6. The normalized spacial score (nSPS) is 20.9. The molecule has 4 rings (SSSR count). The first-order valence-electron chi connectivity index (χ1n) is 9.24. The summed E-state index contributed by atoms with van der Waals surface area (Å²) in [6.45, 7) is 4.35. The smallest absolute Gasteiger partial charge is 0.250 e. The van der Waals surface area contributed by atoms with Crippen LogP contribution in [0.15, 0.2) is 30.3 Å². The van der Waals surface area contributed by atoms with E-state index in [4.69, 9.17) is 0 Å². The Morgan fingerprint density at radius 2 is 1.67 bits per heavy atom. The summed E-state index contributed by atoms with van der Waals surface area (Å²) in [6.07, 6.45) is 8.15. The van der Waals surface area contributed by atoms with Crippen molar-refractivity contribution in [1.29, 1.82) is 0 Å². The summed E-state index contributed by atoms with van der Waals surface area (Å²) >= 11 is 0. The monoisotopic (exact) mass is 326 g/mol. The molecule has 1 aromatic heterocycles. The third kappa shape index (κ3) is 3.29. The second-order valence-corrected chi connectivity index (χ2v) is 6.89. The first-order valence-corrected chi connectivity index (χ1v) is 9.24. The van der Waals surface area contributed by atoms with Crippen molar-refractivity contribution in [3.8, 4) is 5.69 Å². The molecule has 128 valence electrons. The summed E-state index contributed by atoms with van der Waals surface area (Å²) in [5.74, 6) is 0.867. The van der Waals surface area contributed by atoms with Gasteiger partial charge in [-0.05, 0) is 41.8 Å². The molecule has 0 atom stereocenters. The number of hydrogen-bond acceptors (Lipinski definition) is 5. The SMILES string of the molecule is c1ccc(-n2nnnc2N2CCCN(C3CCCCC3)CC2)cc1. The van der Waals surface area contributed by atoms with Crippen LogP contribution in [0.4, 0.5) is 5.95 Å². The van der Waals surface area contributed by atoms with Crippen molar-refractivity contribution in [3.05, 3.63) is 30.3 Å². The zero-order valence-electron chi connectivity index (χ0n) is 14.2. The molecular formula is C18H26N6. The van der Waals surface area contributed by atoms with E-state index in [-0.39, 0.29) is 0 Å². The standard InChI is InChI=1S/C18H26N6/c1-3-8-16(9-4-1)22-12-7-13-23(15-14-22)18-19-20-21-24(18)17-10-5-2-6-11-17/h2,5-6,10-11,16H,1,3-4,7-9,12-15H2. The van der Waals surface area contributed by atoms with Crippen LogP contribution in [0.5, 0.6) is 0 Å². The van der Waals surface area contributed by atoms with Crippen LogP contribution in [0.3, 0.4) is 0 Å². The molecule has 0 radical (unpaired) electrons. The predicted molar refractivity (Wildman–Crippen MR) is 94.4 cm³/mol. The zero-order valence-corrected chi connectivity index (χ0v) is 14.2. The molecule has 1 saturated carbocycles. The van der Waals surface area contributed by atoms with Gasteiger partial charge in [-0.15, -0.1) is 0 Å². The average Bonchev–Trinajstić information content (AvgIpc) is 3.01. The van der Waals surface area contributed by atoms with Gasteiger partial charge in [-0.25, -0.2) is 0 Å². The Balaban J connectivity index is 1.47. The van der Waals surface area contributed by atoms with Gasteiger partial charge in [-0.1, -0.05) is 42.6 Å². The summed E-state index contributed by atoms with van der Waals surface area (Å²) in [6, 6.07) is 10.9. The Morgan fingerprint density at radius 3 is 2.50 bits per heavy atom. The maximum atomic E-state index is 4.30. The van der Waals surface area contributed by atoms with Crippen LogP contribution in [-0.2, 0) is 0 Å². The van der Waals surface area contributed by atoms with E-state index in [1.54, 1.807) is 0 Å². The molecule has 2 aliphatic rings. The number of rotatable bonds is 3. The maximum Gasteiger partial charge on any atom is 0.250 e. The lowest BCUT2D eigenvalue weighted by atomic mass is 9.94. The van der Waals surface area contributed by atoms with Gasteiger partial charge in [-0.3, -0.25) is 4.90 Å². The van der Waals surface area contributed by atoms with Gasteiger partial charge in [-0.2, -0.15) is 4.68 Å². The van der Waals surface area contributed by atoms with E-state index < -0.39 is 0 Å². The Labute approximate surface area is 143 Å². The fourth-order valence-electron chi connectivity index (χ4n) is 4.06. The van der Waals surface area contributed by atoms with Gasteiger partial charge in [0.25, 0.3) is 0 Å². The minimum atomic E-state index is 0.795. The van der Waals surface area contributed by atoms with Crippen molar-refractivity contribution >= 4 is 5.95 Å². The van der Waals surface area contributed by atoms with Crippen LogP contribution in [0.1, 0.15) is 38.5 Å². The topological polar surface area (TPSA) is 50.1 Å². The summed E-state index contributed by atoms with van der Waals surface area (Å²) in [5.41, 5.74) is 1.02. The highest BCUT2D eigenvalue weighted by Gasteiger charge is 2.25. The second-order valence-electron chi connectivity index (χ2n) is 6.89. The fraction of sp³-hybridized carbons (Fsp3) is 0.611. The Bertz CT molecular complexity index is 634. The van der Waals surface area contributed by atoms with E-state index in [0.29, 0.717) is 0 Å². The second kappa shape index (κ2) is 7.30. The Morgan fingerprint density at radius 1 is 0.833 bits per heavy atom. The molecule has 6 nitrogen and oxygen atoms in total. The molecule has 1 aliphatic heterocycles. The summed E-state index contributed by atoms with van der Waals surface area (Å²) < 4.78 is 1.86. The van der Waals surface area contributed by atoms with Crippen molar-refractivity contribution in [1.82, 2.24) is 25.1 Å². The van der Waals surface area contributed by atoms with Crippen LogP contribution in [0.25, 0.3) is 5.69 Å². The first kappa shape index (κ1) is 15.6. The van der Waals surface area contributed by atoms with E-state index in [1.807, 2.05) is 35.0 Å². The number of para-hydroxylation sites is 1. The summed E-state index contributed by atoms with van der Waals surface area (Å²) in [5, 5.41) is 12.4. The number of benzene rings is 1. The third-order valence-electron chi connectivity index (χ3n) is 5.36. The van der Waals surface area contributed by atoms with E-state index in [9.17, 15) is 0 Å². The molecule has 1 aliphatic carbocycles. The minimum absolute atomic E-state index is 0.795. The molecule has 1 saturated heterocycles. The van der Waals surface area contributed by atoms with Crippen LogP contribution in [0.2, 0.25) is 0 Å². The van der Waals surface area contributed by atoms with Gasteiger partial charge < -0.3 is 4.90 Å². The summed E-state index contributed by atoms with van der Waals surface area (Å²) in [4.78, 5) is 5.05. The van der Waals surface area contributed by atoms with E-state index in [2.05, 4.69) is 25.3 Å². The van der Waals surface area contributed by atoms with E-state index in [0.717, 1.165) is 37.3 Å². The molecule has 0 unspecified atom stereocenters. The van der Waals surface area contributed by atoms with Gasteiger partial charge >= 0.3 is 0 Å². The van der Waals surface area contributed by atoms with Gasteiger partial charge in [0.05, 0.1) is 5.69 Å². The van der Waals surface area contributed by atoms with Crippen molar-refractivity contribution in [2.45, 2.75) is 44.6 Å². The minimum Gasteiger partial charge on any atom is -0.338 e. The lowest BCUT2D eigenvalue weighted by Gasteiger charge is -2.33. The molecule has 2 aromatic rings. The van der Waals surface area contributed by atoms with Crippen molar-refractivity contribution in [2.24, 2.45) is 0 Å². The molecule has 0 spiro atoms. The Kier molecular flexibility index (Phi) is 4.74. The lowest BCUT2D eigenvalue weighted by Crippen LogP contribution is -2.39. The molecular weight excluding hydrogens is 300 g/mol. The molecule has 6 heteroatoms. The van der Waals surface area contributed by atoms with Crippen molar-refractivity contribution in [2.75, 3.05) is 31.1 Å². The van der Waals surface area contributed by atoms with Crippen LogP contribution in [0, 0.1) is 0 Å². The highest BCUT2D eigenvalue weighted by molar-refractivity contribution is 5.40. The predicted octanol–water partition coefficient (Wildman–Crippen LogP) is 2.51. The molecule has 1 aromatic carbocycles. The number of hydrogen-bond donors (Lipinski definition) is 0. The molecule has 0 N–H and O–H groups in total. The van der Waals surface area contributed by atoms with Gasteiger partial charge in [0.1, 0.15) is 0 Å². The maximum absolute atomic E-state index is 4.30. The zero-order chi connectivity index (χ0) is 16.2. The number of tetrazole rings is 1. The number of aromatic nitrogens is 4. The van der Waals surface area contributed by atoms with Crippen LogP contribution in [-0.4, -0.2) is 57.3 Å². The van der Waals surface area contributed by atoms with E-state index >= 15 is 0 Å². The van der Waals surface area contributed by atoms with E-state index in [1.165, 1.54) is 45.1 Å². The van der Waals surface area contributed by atoms with Gasteiger partial charge in [0, 0.05) is 32.2 Å². The Hall–Kier alpha value is -1.95. The number of anilines is 1. The highest BCUT2D eigenvalue weighted by atomic mass is 15.6. The lowest BCUT2D eigenvalue weighted by molar-refractivity contribution is 0.166.